The highest BCUT2D eigenvalue weighted by Crippen LogP contribution is 2.39. The van der Waals surface area contributed by atoms with Crippen molar-refractivity contribution in [2.24, 2.45) is 5.92 Å². The van der Waals surface area contributed by atoms with E-state index in [4.69, 9.17) is 0 Å². The van der Waals surface area contributed by atoms with Crippen LogP contribution in [0, 0.1) is 5.92 Å². The molecule has 0 N–H and O–H groups in total. The van der Waals surface area contributed by atoms with Crippen LogP contribution in [-0.4, -0.2) is 11.2 Å². The highest BCUT2D eigenvalue weighted by molar-refractivity contribution is 9.11. The van der Waals surface area contributed by atoms with E-state index in [2.05, 4.69) is 20.9 Å². The first-order valence-corrected chi connectivity index (χ1v) is 5.78. The third kappa shape index (κ3) is 1.95. The SMILES string of the molecule is FC(F)(F)C1CCc2nc(Br)sc2C1. The first-order chi connectivity index (χ1) is 6.47. The van der Waals surface area contributed by atoms with Crippen molar-refractivity contribution in [3.8, 4) is 0 Å². The normalized spacial score (nSPS) is 22.1. The molecule has 2 rings (SSSR count). The Morgan fingerprint density at radius 3 is 2.79 bits per heavy atom. The third-order valence-corrected chi connectivity index (χ3v) is 3.95. The van der Waals surface area contributed by atoms with Gasteiger partial charge in [0.2, 0.25) is 0 Å². The second-order valence-electron chi connectivity index (χ2n) is 3.32. The number of aryl methyl sites for hydroxylation is 1. The summed E-state index contributed by atoms with van der Waals surface area (Å²) in [5.41, 5.74) is 0.836. The molecule has 0 saturated carbocycles. The van der Waals surface area contributed by atoms with Crippen LogP contribution in [0.1, 0.15) is 17.0 Å². The molecule has 0 aromatic carbocycles. The van der Waals surface area contributed by atoms with Crippen LogP contribution >= 0.6 is 27.3 Å². The Hall–Kier alpha value is -0.100. The number of rotatable bonds is 0. The van der Waals surface area contributed by atoms with E-state index in [0.717, 1.165) is 10.6 Å². The van der Waals surface area contributed by atoms with Gasteiger partial charge < -0.3 is 0 Å². The molecule has 0 radical (unpaired) electrons. The predicted octanol–water partition coefficient (Wildman–Crippen LogP) is 3.57. The number of nitrogens with zero attached hydrogens (tertiary/aromatic N) is 1. The minimum Gasteiger partial charge on any atom is -0.234 e. The highest BCUT2D eigenvalue weighted by atomic mass is 79.9. The topological polar surface area (TPSA) is 12.9 Å². The summed E-state index contributed by atoms with van der Waals surface area (Å²) in [5, 5.41) is 0. The zero-order valence-corrected chi connectivity index (χ0v) is 9.47. The molecule has 0 fully saturated rings. The van der Waals surface area contributed by atoms with Crippen LogP contribution in [0.4, 0.5) is 13.2 Å². The second kappa shape index (κ2) is 3.48. The minimum atomic E-state index is -4.06. The molecular weight excluding hydrogens is 279 g/mol. The lowest BCUT2D eigenvalue weighted by Crippen LogP contribution is -2.28. The Morgan fingerprint density at radius 1 is 1.43 bits per heavy atom. The Kier molecular flexibility index (Phi) is 2.59. The van der Waals surface area contributed by atoms with Crippen molar-refractivity contribution >= 4 is 27.3 Å². The monoisotopic (exact) mass is 285 g/mol. The van der Waals surface area contributed by atoms with E-state index in [-0.39, 0.29) is 12.8 Å². The largest absolute Gasteiger partial charge is 0.392 e. The molecule has 0 aliphatic heterocycles. The van der Waals surface area contributed by atoms with Crippen molar-refractivity contribution in [2.75, 3.05) is 0 Å². The zero-order chi connectivity index (χ0) is 10.3. The summed E-state index contributed by atoms with van der Waals surface area (Å²) in [6.45, 7) is 0. The number of hydrogen-bond donors (Lipinski definition) is 0. The van der Waals surface area contributed by atoms with Gasteiger partial charge in [0.05, 0.1) is 11.6 Å². The molecule has 1 nitrogen and oxygen atoms in total. The van der Waals surface area contributed by atoms with Gasteiger partial charge in [0.1, 0.15) is 0 Å². The molecule has 0 amide bonds. The number of hydrogen-bond acceptors (Lipinski definition) is 2. The molecule has 14 heavy (non-hydrogen) atoms. The molecule has 1 aromatic heterocycles. The smallest absolute Gasteiger partial charge is 0.234 e. The molecule has 1 aliphatic carbocycles. The number of halogens is 4. The number of fused-ring (bicyclic) bond motifs is 1. The van der Waals surface area contributed by atoms with Crippen LogP contribution in [0.15, 0.2) is 3.92 Å². The van der Waals surface area contributed by atoms with E-state index in [1.165, 1.54) is 11.3 Å². The summed E-state index contributed by atoms with van der Waals surface area (Å²) in [6.07, 6.45) is -3.34. The molecular formula is C8H7BrF3NS. The number of aromatic nitrogens is 1. The molecule has 1 unspecified atom stereocenters. The molecule has 1 heterocycles. The summed E-state index contributed by atoms with van der Waals surface area (Å²) in [7, 11) is 0. The predicted molar refractivity (Wildman–Crippen MR) is 51.4 cm³/mol. The first-order valence-electron chi connectivity index (χ1n) is 4.17. The summed E-state index contributed by atoms with van der Waals surface area (Å²) in [5.74, 6) is -1.18. The fourth-order valence-electron chi connectivity index (χ4n) is 1.62. The maximum Gasteiger partial charge on any atom is 0.392 e. The molecule has 0 bridgehead atoms. The summed E-state index contributed by atoms with van der Waals surface area (Å²) < 4.78 is 37.9. The minimum absolute atomic E-state index is 0.0993. The van der Waals surface area contributed by atoms with E-state index in [1.807, 2.05) is 0 Å². The van der Waals surface area contributed by atoms with Gasteiger partial charge in [0, 0.05) is 4.88 Å². The van der Waals surface area contributed by atoms with Crippen molar-refractivity contribution in [3.05, 3.63) is 14.5 Å². The fourth-order valence-corrected chi connectivity index (χ4v) is 3.33. The maximum atomic E-state index is 12.4. The van der Waals surface area contributed by atoms with Gasteiger partial charge in [-0.05, 0) is 35.2 Å². The molecule has 1 atom stereocenters. The fraction of sp³-hybridized carbons (Fsp3) is 0.625. The van der Waals surface area contributed by atoms with Crippen LogP contribution in [0.5, 0.6) is 0 Å². The van der Waals surface area contributed by atoms with E-state index < -0.39 is 12.1 Å². The van der Waals surface area contributed by atoms with Gasteiger partial charge in [-0.3, -0.25) is 0 Å². The van der Waals surface area contributed by atoms with Gasteiger partial charge in [0.25, 0.3) is 0 Å². The summed E-state index contributed by atoms with van der Waals surface area (Å²) in [6, 6.07) is 0. The Bertz CT molecular complexity index is 347. The third-order valence-electron chi connectivity index (χ3n) is 2.38. The maximum absolute atomic E-state index is 12.4. The first kappa shape index (κ1) is 10.4. The van der Waals surface area contributed by atoms with Gasteiger partial charge in [-0.25, -0.2) is 4.98 Å². The molecule has 6 heteroatoms. The standard InChI is InChI=1S/C8H7BrF3NS/c9-7-13-5-2-1-4(8(10,11)12)3-6(5)14-7/h4H,1-3H2. The Balaban J connectivity index is 2.21. The van der Waals surface area contributed by atoms with Crippen molar-refractivity contribution < 1.29 is 13.2 Å². The molecule has 1 aliphatic rings. The van der Waals surface area contributed by atoms with Gasteiger partial charge >= 0.3 is 6.18 Å². The van der Waals surface area contributed by atoms with E-state index in [0.29, 0.717) is 10.3 Å². The highest BCUT2D eigenvalue weighted by Gasteiger charge is 2.41. The van der Waals surface area contributed by atoms with E-state index in [9.17, 15) is 13.2 Å². The van der Waals surface area contributed by atoms with Crippen molar-refractivity contribution in [2.45, 2.75) is 25.4 Å². The van der Waals surface area contributed by atoms with Gasteiger partial charge in [-0.15, -0.1) is 11.3 Å². The summed E-state index contributed by atoms with van der Waals surface area (Å²) >= 11 is 4.50. The molecule has 0 saturated heterocycles. The second-order valence-corrected chi connectivity index (χ2v) is 5.68. The van der Waals surface area contributed by atoms with Crippen molar-refractivity contribution in [1.29, 1.82) is 0 Å². The number of alkyl halides is 3. The average Bonchev–Trinajstić information content (AvgIpc) is 2.41. The van der Waals surface area contributed by atoms with Crippen molar-refractivity contribution in [3.63, 3.8) is 0 Å². The average molecular weight is 286 g/mol. The Morgan fingerprint density at radius 2 is 2.14 bits per heavy atom. The van der Waals surface area contributed by atoms with Gasteiger partial charge in [-0.1, -0.05) is 0 Å². The molecule has 0 spiro atoms. The van der Waals surface area contributed by atoms with Gasteiger partial charge in [0.15, 0.2) is 3.92 Å². The van der Waals surface area contributed by atoms with Crippen LogP contribution in [0.3, 0.4) is 0 Å². The van der Waals surface area contributed by atoms with Crippen LogP contribution in [-0.2, 0) is 12.8 Å². The quantitative estimate of drug-likeness (QED) is 0.710. The van der Waals surface area contributed by atoms with Gasteiger partial charge in [-0.2, -0.15) is 13.2 Å². The zero-order valence-electron chi connectivity index (χ0n) is 7.07. The van der Waals surface area contributed by atoms with Crippen LogP contribution in [0.2, 0.25) is 0 Å². The van der Waals surface area contributed by atoms with Crippen LogP contribution in [0.25, 0.3) is 0 Å². The lowest BCUT2D eigenvalue weighted by Gasteiger charge is -2.23. The number of thiazole rings is 1. The summed E-state index contributed by atoms with van der Waals surface area (Å²) in [4.78, 5) is 4.92. The van der Waals surface area contributed by atoms with E-state index >= 15 is 0 Å². The van der Waals surface area contributed by atoms with Crippen molar-refractivity contribution in [1.82, 2.24) is 4.98 Å². The Labute approximate surface area is 91.5 Å². The molecule has 78 valence electrons. The van der Waals surface area contributed by atoms with Crippen LogP contribution < -0.4 is 0 Å². The van der Waals surface area contributed by atoms with E-state index in [1.54, 1.807) is 0 Å². The molecule has 1 aromatic rings. The lowest BCUT2D eigenvalue weighted by molar-refractivity contribution is -0.176. The lowest BCUT2D eigenvalue weighted by atomic mass is 9.91.